The van der Waals surface area contributed by atoms with Crippen molar-refractivity contribution in [2.75, 3.05) is 24.5 Å². The van der Waals surface area contributed by atoms with Gasteiger partial charge in [0.25, 0.3) is 5.56 Å². The molecule has 0 amide bonds. The lowest BCUT2D eigenvalue weighted by Crippen LogP contribution is -2.50. The van der Waals surface area contributed by atoms with Crippen LogP contribution in [-0.2, 0) is 0 Å². The molecule has 0 radical (unpaired) electrons. The van der Waals surface area contributed by atoms with Crippen LogP contribution in [-0.4, -0.2) is 45.8 Å². The van der Waals surface area contributed by atoms with Gasteiger partial charge in [-0.3, -0.25) is 9.89 Å². The maximum absolute atomic E-state index is 12.1. The Labute approximate surface area is 130 Å². The molecule has 0 saturated carbocycles. The Bertz CT molecular complexity index is 712. The Morgan fingerprint density at radius 3 is 2.90 bits per heavy atom. The molecule has 1 fully saturated rings. The molecule has 0 aliphatic carbocycles. The van der Waals surface area contributed by atoms with Crippen molar-refractivity contribution in [2.24, 2.45) is 0 Å². The first-order valence-corrected chi connectivity index (χ1v) is 7.30. The fourth-order valence-electron chi connectivity index (χ4n) is 2.36. The van der Waals surface area contributed by atoms with Gasteiger partial charge in [0, 0.05) is 25.7 Å². The molecule has 3 N–H and O–H groups in total. The second kappa shape index (κ2) is 5.67. The van der Waals surface area contributed by atoms with Gasteiger partial charge in [-0.25, -0.2) is 4.98 Å². The number of anilines is 1. The minimum absolute atomic E-state index is 0.0899. The van der Waals surface area contributed by atoms with Gasteiger partial charge in [0.2, 0.25) is 0 Å². The third kappa shape index (κ3) is 2.64. The van der Waals surface area contributed by atoms with E-state index >= 15 is 0 Å². The summed E-state index contributed by atoms with van der Waals surface area (Å²) in [6, 6.07) is 0.193. The molecule has 1 aliphatic heterocycles. The summed E-state index contributed by atoms with van der Waals surface area (Å²) in [5.41, 5.74) is 0.147. The molecule has 0 bridgehead atoms. The van der Waals surface area contributed by atoms with Crippen LogP contribution in [0.4, 0.5) is 5.82 Å². The number of H-pyrrole nitrogens is 2. The number of piperazine rings is 1. The summed E-state index contributed by atoms with van der Waals surface area (Å²) in [7, 11) is 0. The van der Waals surface area contributed by atoms with E-state index in [2.05, 4.69) is 32.4 Å². The minimum Gasteiger partial charge on any atom is -0.350 e. The number of rotatable bonds is 2. The summed E-state index contributed by atoms with van der Waals surface area (Å²) < 4.78 is 0. The summed E-state index contributed by atoms with van der Waals surface area (Å²) in [6.07, 6.45) is 1.51. The first kappa shape index (κ1) is 14.4. The van der Waals surface area contributed by atoms with Gasteiger partial charge in [-0.1, -0.05) is 23.2 Å². The number of aromatic amines is 2. The first-order valence-electron chi connectivity index (χ1n) is 6.54. The second-order valence-electron chi connectivity index (χ2n) is 4.90. The van der Waals surface area contributed by atoms with E-state index in [0.29, 0.717) is 22.4 Å². The molecule has 21 heavy (non-hydrogen) atoms. The van der Waals surface area contributed by atoms with E-state index in [1.165, 1.54) is 6.20 Å². The third-order valence-corrected chi connectivity index (χ3v) is 4.10. The zero-order chi connectivity index (χ0) is 15.0. The van der Waals surface area contributed by atoms with Crippen molar-refractivity contribution >= 4 is 29.0 Å². The number of halogens is 2. The van der Waals surface area contributed by atoms with Gasteiger partial charge in [-0.05, 0) is 6.92 Å². The fraction of sp³-hybridized carbons (Fsp3) is 0.417. The van der Waals surface area contributed by atoms with Crippen molar-refractivity contribution in [2.45, 2.75) is 13.0 Å². The van der Waals surface area contributed by atoms with Crippen molar-refractivity contribution < 1.29 is 0 Å². The molecule has 0 unspecified atom stereocenters. The maximum atomic E-state index is 12.1. The van der Waals surface area contributed by atoms with Crippen LogP contribution in [0.1, 0.15) is 6.92 Å². The molecule has 7 nitrogen and oxygen atoms in total. The molecule has 112 valence electrons. The Kier molecular flexibility index (Phi) is 3.88. The van der Waals surface area contributed by atoms with Gasteiger partial charge in [-0.2, -0.15) is 5.10 Å². The number of nitrogens with zero attached hydrogens (tertiary/aromatic N) is 3. The molecule has 9 heteroatoms. The van der Waals surface area contributed by atoms with Gasteiger partial charge in [0.15, 0.2) is 5.82 Å². The minimum atomic E-state index is -0.389. The lowest BCUT2D eigenvalue weighted by atomic mass is 10.2. The van der Waals surface area contributed by atoms with Crippen molar-refractivity contribution in [3.8, 4) is 11.4 Å². The van der Waals surface area contributed by atoms with Gasteiger partial charge in [-0.15, -0.1) is 0 Å². The summed E-state index contributed by atoms with van der Waals surface area (Å²) in [4.78, 5) is 21.2. The molecule has 1 aliphatic rings. The highest BCUT2D eigenvalue weighted by Gasteiger charge is 2.24. The van der Waals surface area contributed by atoms with Gasteiger partial charge < -0.3 is 15.2 Å². The molecule has 2 aromatic rings. The van der Waals surface area contributed by atoms with E-state index in [9.17, 15) is 4.79 Å². The van der Waals surface area contributed by atoms with Crippen molar-refractivity contribution in [1.29, 1.82) is 0 Å². The Balaban J connectivity index is 2.10. The zero-order valence-electron chi connectivity index (χ0n) is 11.3. The highest BCUT2D eigenvalue weighted by Crippen LogP contribution is 2.27. The third-order valence-electron chi connectivity index (χ3n) is 3.47. The van der Waals surface area contributed by atoms with Gasteiger partial charge >= 0.3 is 0 Å². The van der Waals surface area contributed by atoms with Gasteiger partial charge in [0.1, 0.15) is 16.0 Å². The van der Waals surface area contributed by atoms with Crippen LogP contribution < -0.4 is 15.8 Å². The van der Waals surface area contributed by atoms with E-state index in [1.54, 1.807) is 0 Å². The van der Waals surface area contributed by atoms with Crippen LogP contribution in [0, 0.1) is 0 Å². The van der Waals surface area contributed by atoms with Crippen LogP contribution in [0.25, 0.3) is 11.4 Å². The fourth-order valence-corrected chi connectivity index (χ4v) is 2.74. The lowest BCUT2D eigenvalue weighted by molar-refractivity contribution is 0.497. The number of hydrogen-bond donors (Lipinski definition) is 3. The smallest absolute Gasteiger partial charge is 0.272 e. The predicted octanol–water partition coefficient (Wildman–Crippen LogP) is 1.26. The van der Waals surface area contributed by atoms with E-state index in [4.69, 9.17) is 23.2 Å². The molecule has 2 aromatic heterocycles. The first-order chi connectivity index (χ1) is 10.1. The van der Waals surface area contributed by atoms with Crippen molar-refractivity contribution in [1.82, 2.24) is 25.5 Å². The van der Waals surface area contributed by atoms with Crippen molar-refractivity contribution in [3.05, 3.63) is 26.7 Å². The molecule has 0 spiro atoms. The number of hydrogen-bond acceptors (Lipinski definition) is 5. The Hall–Kier alpha value is -1.57. The van der Waals surface area contributed by atoms with Crippen LogP contribution in [0.3, 0.4) is 0 Å². The maximum Gasteiger partial charge on any atom is 0.272 e. The summed E-state index contributed by atoms with van der Waals surface area (Å²) in [5.74, 6) is 0.825. The second-order valence-corrected chi connectivity index (χ2v) is 5.65. The van der Waals surface area contributed by atoms with Crippen LogP contribution >= 0.6 is 23.2 Å². The largest absolute Gasteiger partial charge is 0.350 e. The highest BCUT2D eigenvalue weighted by atomic mass is 35.5. The van der Waals surface area contributed by atoms with E-state index in [1.807, 2.05) is 4.90 Å². The average molecular weight is 329 g/mol. The average Bonchev–Trinajstić information content (AvgIpc) is 2.89. The quantitative estimate of drug-likeness (QED) is 0.772. The molecular formula is C12H14Cl2N6O. The number of aromatic nitrogens is 4. The molecule has 0 aromatic carbocycles. The predicted molar refractivity (Wildman–Crippen MR) is 82.1 cm³/mol. The van der Waals surface area contributed by atoms with Crippen LogP contribution in [0.5, 0.6) is 0 Å². The normalized spacial score (nSPS) is 19.0. The SMILES string of the molecule is C[C@@H]1CNCCN1c1nc(-c2cn[nH]c2Cl)[nH]c(=O)c1Cl. The molecule has 1 atom stereocenters. The van der Waals surface area contributed by atoms with E-state index in [0.717, 1.165) is 19.6 Å². The number of nitrogens with one attached hydrogen (secondary N) is 3. The Morgan fingerprint density at radius 2 is 2.24 bits per heavy atom. The zero-order valence-corrected chi connectivity index (χ0v) is 12.8. The molecule has 3 heterocycles. The van der Waals surface area contributed by atoms with Crippen LogP contribution in [0.15, 0.2) is 11.0 Å². The Morgan fingerprint density at radius 1 is 1.43 bits per heavy atom. The lowest BCUT2D eigenvalue weighted by Gasteiger charge is -2.35. The molecule has 3 rings (SSSR count). The summed E-state index contributed by atoms with van der Waals surface area (Å²) in [5, 5.41) is 10.1. The molecular weight excluding hydrogens is 315 g/mol. The monoisotopic (exact) mass is 328 g/mol. The highest BCUT2D eigenvalue weighted by molar-refractivity contribution is 6.33. The topological polar surface area (TPSA) is 89.7 Å². The standard InChI is InChI=1S/C12H14Cl2N6O/c1-6-4-15-2-3-20(6)11-8(13)12(21)18-10(17-11)7-5-16-19-9(7)14/h5-6,15H,2-4H2,1H3,(H,16,19)(H,17,18,21)/t6-/m1/s1. The van der Waals surface area contributed by atoms with Crippen LogP contribution in [0.2, 0.25) is 10.2 Å². The van der Waals surface area contributed by atoms with Gasteiger partial charge in [0.05, 0.1) is 11.8 Å². The van der Waals surface area contributed by atoms with Crippen molar-refractivity contribution in [3.63, 3.8) is 0 Å². The summed E-state index contributed by atoms with van der Waals surface area (Å²) >= 11 is 12.1. The summed E-state index contributed by atoms with van der Waals surface area (Å²) in [6.45, 7) is 4.41. The molecule has 1 saturated heterocycles. The van der Waals surface area contributed by atoms with E-state index < -0.39 is 0 Å². The van der Waals surface area contributed by atoms with E-state index in [-0.39, 0.29) is 16.6 Å².